The molecule has 0 aromatic heterocycles. The van der Waals surface area contributed by atoms with Gasteiger partial charge >= 0.3 is 0 Å². The monoisotopic (exact) mass is 236 g/mol. The zero-order chi connectivity index (χ0) is 12.1. The second-order valence-electron chi connectivity index (χ2n) is 4.41. The van der Waals surface area contributed by atoms with E-state index < -0.39 is 0 Å². The molecule has 1 N–H and O–H groups in total. The van der Waals surface area contributed by atoms with E-state index in [1.54, 1.807) is 0 Å². The fourth-order valence-electron chi connectivity index (χ4n) is 2.17. The second-order valence-corrected chi connectivity index (χ2v) is 4.41. The van der Waals surface area contributed by atoms with E-state index in [0.29, 0.717) is 6.61 Å². The summed E-state index contributed by atoms with van der Waals surface area (Å²) in [5, 5.41) is 9.82. The highest BCUT2D eigenvalue weighted by Gasteiger charge is 2.24. The SMILES string of the molecule is CCOc1ccc(OC2CCCCC2O)cc1. The molecule has 0 aliphatic heterocycles. The van der Waals surface area contributed by atoms with Gasteiger partial charge in [0, 0.05) is 0 Å². The average molecular weight is 236 g/mol. The molecule has 1 saturated carbocycles. The van der Waals surface area contributed by atoms with Crippen LogP contribution in [0.4, 0.5) is 0 Å². The minimum atomic E-state index is -0.324. The smallest absolute Gasteiger partial charge is 0.124 e. The van der Waals surface area contributed by atoms with Crippen LogP contribution in [0.1, 0.15) is 32.6 Å². The molecule has 0 amide bonds. The highest BCUT2D eigenvalue weighted by atomic mass is 16.5. The van der Waals surface area contributed by atoms with Crippen molar-refractivity contribution in [3.05, 3.63) is 24.3 Å². The fourth-order valence-corrected chi connectivity index (χ4v) is 2.17. The largest absolute Gasteiger partial charge is 0.494 e. The molecule has 1 aromatic carbocycles. The number of rotatable bonds is 4. The second kappa shape index (κ2) is 5.92. The van der Waals surface area contributed by atoms with Crippen LogP contribution in [0.2, 0.25) is 0 Å². The minimum absolute atomic E-state index is 0.0540. The molecule has 1 aliphatic rings. The third kappa shape index (κ3) is 3.37. The predicted molar refractivity (Wildman–Crippen MR) is 66.5 cm³/mol. The summed E-state index contributed by atoms with van der Waals surface area (Å²) >= 11 is 0. The first kappa shape index (κ1) is 12.2. The summed E-state index contributed by atoms with van der Waals surface area (Å²) in [6, 6.07) is 7.58. The first-order valence-corrected chi connectivity index (χ1v) is 6.37. The molecule has 0 spiro atoms. The van der Waals surface area contributed by atoms with Crippen LogP contribution in [0.25, 0.3) is 0 Å². The van der Waals surface area contributed by atoms with Crippen LogP contribution in [0.3, 0.4) is 0 Å². The molecule has 94 valence electrons. The van der Waals surface area contributed by atoms with Gasteiger partial charge in [-0.1, -0.05) is 6.42 Å². The number of benzene rings is 1. The summed E-state index contributed by atoms with van der Waals surface area (Å²) in [5.41, 5.74) is 0. The van der Waals surface area contributed by atoms with E-state index in [0.717, 1.165) is 37.2 Å². The number of hydrogen-bond donors (Lipinski definition) is 1. The lowest BCUT2D eigenvalue weighted by Crippen LogP contribution is -2.34. The minimum Gasteiger partial charge on any atom is -0.494 e. The number of aliphatic hydroxyl groups excluding tert-OH is 1. The van der Waals surface area contributed by atoms with Crippen molar-refractivity contribution in [3.8, 4) is 11.5 Å². The zero-order valence-electron chi connectivity index (χ0n) is 10.3. The van der Waals surface area contributed by atoms with Crippen LogP contribution in [0.5, 0.6) is 11.5 Å². The molecule has 0 saturated heterocycles. The quantitative estimate of drug-likeness (QED) is 0.873. The van der Waals surface area contributed by atoms with Crippen molar-refractivity contribution < 1.29 is 14.6 Å². The Hall–Kier alpha value is -1.22. The van der Waals surface area contributed by atoms with Crippen molar-refractivity contribution in [3.63, 3.8) is 0 Å². The first-order valence-electron chi connectivity index (χ1n) is 6.37. The molecular weight excluding hydrogens is 216 g/mol. The Morgan fingerprint density at radius 3 is 2.41 bits per heavy atom. The van der Waals surface area contributed by atoms with Gasteiger partial charge in [0.05, 0.1) is 12.7 Å². The molecular formula is C14H20O3. The molecule has 3 nitrogen and oxygen atoms in total. The molecule has 3 heteroatoms. The summed E-state index contributed by atoms with van der Waals surface area (Å²) in [6.07, 6.45) is 3.65. The van der Waals surface area contributed by atoms with Crippen molar-refractivity contribution in [2.75, 3.05) is 6.61 Å². The Labute approximate surface area is 102 Å². The fraction of sp³-hybridized carbons (Fsp3) is 0.571. The van der Waals surface area contributed by atoms with Gasteiger partial charge in [0.1, 0.15) is 17.6 Å². The van der Waals surface area contributed by atoms with Crippen LogP contribution >= 0.6 is 0 Å². The zero-order valence-corrected chi connectivity index (χ0v) is 10.3. The predicted octanol–water partition coefficient (Wildman–Crippen LogP) is 2.77. The van der Waals surface area contributed by atoms with Gasteiger partial charge in [-0.2, -0.15) is 0 Å². The molecule has 2 atom stereocenters. The summed E-state index contributed by atoms with van der Waals surface area (Å²) in [7, 11) is 0. The van der Waals surface area contributed by atoms with Gasteiger partial charge in [0.15, 0.2) is 0 Å². The van der Waals surface area contributed by atoms with Crippen LogP contribution in [0, 0.1) is 0 Å². The van der Waals surface area contributed by atoms with Crippen molar-refractivity contribution in [2.24, 2.45) is 0 Å². The number of ether oxygens (including phenoxy) is 2. The lowest BCUT2D eigenvalue weighted by Gasteiger charge is -2.28. The van der Waals surface area contributed by atoms with Crippen LogP contribution in [-0.4, -0.2) is 23.9 Å². The highest BCUT2D eigenvalue weighted by Crippen LogP contribution is 2.25. The van der Waals surface area contributed by atoms with E-state index in [1.807, 2.05) is 31.2 Å². The molecule has 0 bridgehead atoms. The van der Waals surface area contributed by atoms with Crippen LogP contribution in [-0.2, 0) is 0 Å². The molecule has 1 aromatic rings. The highest BCUT2D eigenvalue weighted by molar-refractivity contribution is 5.31. The first-order chi connectivity index (χ1) is 8.29. The third-order valence-electron chi connectivity index (χ3n) is 3.09. The normalized spacial score (nSPS) is 24.4. The maximum atomic E-state index is 9.82. The van der Waals surface area contributed by atoms with E-state index in [-0.39, 0.29) is 12.2 Å². The van der Waals surface area contributed by atoms with Crippen molar-refractivity contribution in [1.82, 2.24) is 0 Å². The number of hydrogen-bond acceptors (Lipinski definition) is 3. The van der Waals surface area contributed by atoms with Gasteiger partial charge in [-0.15, -0.1) is 0 Å². The Balaban J connectivity index is 1.93. The van der Waals surface area contributed by atoms with E-state index in [9.17, 15) is 5.11 Å². The standard InChI is InChI=1S/C14H20O3/c1-2-16-11-7-9-12(10-8-11)17-14-6-4-3-5-13(14)15/h7-10,13-15H,2-6H2,1H3. The Morgan fingerprint density at radius 1 is 1.12 bits per heavy atom. The molecule has 2 unspecified atom stereocenters. The van der Waals surface area contributed by atoms with Crippen molar-refractivity contribution in [1.29, 1.82) is 0 Å². The summed E-state index contributed by atoms with van der Waals surface area (Å²) in [4.78, 5) is 0. The van der Waals surface area contributed by atoms with Gasteiger partial charge in [0.2, 0.25) is 0 Å². The van der Waals surface area contributed by atoms with Crippen molar-refractivity contribution in [2.45, 2.75) is 44.8 Å². The lowest BCUT2D eigenvalue weighted by molar-refractivity contribution is 0.00685. The molecule has 17 heavy (non-hydrogen) atoms. The van der Waals surface area contributed by atoms with Crippen molar-refractivity contribution >= 4 is 0 Å². The molecule has 1 aliphatic carbocycles. The average Bonchev–Trinajstić information content (AvgIpc) is 2.35. The molecule has 0 radical (unpaired) electrons. The van der Waals surface area contributed by atoms with Crippen LogP contribution < -0.4 is 9.47 Å². The summed E-state index contributed by atoms with van der Waals surface area (Å²) in [6.45, 7) is 2.63. The number of aliphatic hydroxyl groups is 1. The van der Waals surface area contributed by atoms with Gasteiger partial charge in [-0.25, -0.2) is 0 Å². The van der Waals surface area contributed by atoms with Gasteiger partial charge in [0.25, 0.3) is 0 Å². The Kier molecular flexibility index (Phi) is 4.26. The molecule has 2 rings (SSSR count). The topological polar surface area (TPSA) is 38.7 Å². The lowest BCUT2D eigenvalue weighted by atomic mass is 9.95. The van der Waals surface area contributed by atoms with E-state index >= 15 is 0 Å². The third-order valence-corrected chi connectivity index (χ3v) is 3.09. The summed E-state index contributed by atoms with van der Waals surface area (Å²) < 4.78 is 11.2. The van der Waals surface area contributed by atoms with Gasteiger partial charge in [-0.05, 0) is 50.5 Å². The maximum absolute atomic E-state index is 9.82. The summed E-state index contributed by atoms with van der Waals surface area (Å²) in [5.74, 6) is 1.66. The van der Waals surface area contributed by atoms with Crippen LogP contribution in [0.15, 0.2) is 24.3 Å². The maximum Gasteiger partial charge on any atom is 0.124 e. The van der Waals surface area contributed by atoms with Gasteiger partial charge < -0.3 is 14.6 Å². The Morgan fingerprint density at radius 2 is 1.76 bits per heavy atom. The molecule has 0 heterocycles. The Bertz CT molecular complexity index is 334. The van der Waals surface area contributed by atoms with Gasteiger partial charge in [-0.3, -0.25) is 0 Å². The van der Waals surface area contributed by atoms with E-state index in [1.165, 1.54) is 0 Å². The molecule has 1 fully saturated rings. The van der Waals surface area contributed by atoms with E-state index in [4.69, 9.17) is 9.47 Å². The van der Waals surface area contributed by atoms with E-state index in [2.05, 4.69) is 0 Å².